The predicted octanol–water partition coefficient (Wildman–Crippen LogP) is 3.37. The monoisotopic (exact) mass is 353 g/mol. The van der Waals surface area contributed by atoms with Crippen LogP contribution in [0.25, 0.3) is 5.82 Å². The summed E-state index contributed by atoms with van der Waals surface area (Å²) in [7, 11) is 1.64. The Kier molecular flexibility index (Phi) is 5.11. The Morgan fingerprint density at radius 1 is 1.19 bits per heavy atom. The lowest BCUT2D eigenvalue weighted by Gasteiger charge is -2.07. The topological polar surface area (TPSA) is 69.3 Å². The first kappa shape index (κ1) is 17.8. The van der Waals surface area contributed by atoms with Gasteiger partial charge < -0.3 is 14.6 Å². The lowest BCUT2D eigenvalue weighted by atomic mass is 10.1. The Labute approximate surface area is 152 Å². The van der Waals surface area contributed by atoms with Gasteiger partial charge >= 0.3 is 0 Å². The largest absolute Gasteiger partial charge is 0.497 e. The number of amides is 1. The van der Waals surface area contributed by atoms with E-state index in [9.17, 15) is 4.79 Å². The van der Waals surface area contributed by atoms with Gasteiger partial charge in [-0.25, -0.2) is 0 Å². The minimum atomic E-state index is -0.0851. The van der Waals surface area contributed by atoms with E-state index < -0.39 is 0 Å². The van der Waals surface area contributed by atoms with E-state index in [-0.39, 0.29) is 5.91 Å². The maximum Gasteiger partial charge on any atom is 0.253 e. The van der Waals surface area contributed by atoms with Crippen LogP contribution in [0.3, 0.4) is 0 Å². The van der Waals surface area contributed by atoms with Crippen molar-refractivity contribution in [1.29, 1.82) is 0 Å². The van der Waals surface area contributed by atoms with Crippen LogP contribution in [0.2, 0.25) is 0 Å². The zero-order valence-electron chi connectivity index (χ0n) is 15.5. The summed E-state index contributed by atoms with van der Waals surface area (Å²) in [6.07, 6.45) is 0.761. The van der Waals surface area contributed by atoms with Crippen molar-refractivity contribution in [1.82, 2.24) is 15.0 Å². The number of hydrogen-bond donors (Lipinski definition) is 1. The van der Waals surface area contributed by atoms with E-state index in [1.807, 2.05) is 61.7 Å². The molecule has 0 saturated carbocycles. The average Bonchev–Trinajstić information content (AvgIpc) is 3.18. The van der Waals surface area contributed by atoms with E-state index in [4.69, 9.17) is 9.26 Å². The Morgan fingerprint density at radius 2 is 1.92 bits per heavy atom. The van der Waals surface area contributed by atoms with Crippen molar-refractivity contribution in [2.45, 2.75) is 27.2 Å². The van der Waals surface area contributed by atoms with Crippen molar-refractivity contribution < 1.29 is 14.1 Å². The fourth-order valence-corrected chi connectivity index (χ4v) is 3.01. The third-order valence-corrected chi connectivity index (χ3v) is 4.38. The van der Waals surface area contributed by atoms with Crippen molar-refractivity contribution in [3.8, 4) is 11.6 Å². The summed E-state index contributed by atoms with van der Waals surface area (Å²) >= 11 is 0. The summed E-state index contributed by atoms with van der Waals surface area (Å²) in [5.41, 5.74) is 3.58. The van der Waals surface area contributed by atoms with Gasteiger partial charge in [0.25, 0.3) is 5.91 Å². The van der Waals surface area contributed by atoms with Crippen LogP contribution in [0, 0.1) is 20.8 Å². The number of benzene rings is 1. The third kappa shape index (κ3) is 3.64. The fourth-order valence-electron chi connectivity index (χ4n) is 3.01. The van der Waals surface area contributed by atoms with Crippen molar-refractivity contribution in [3.63, 3.8) is 0 Å². The van der Waals surface area contributed by atoms with Gasteiger partial charge in [-0.1, -0.05) is 17.3 Å². The summed E-state index contributed by atoms with van der Waals surface area (Å²) in [6, 6.07) is 11.6. The zero-order chi connectivity index (χ0) is 18.7. The summed E-state index contributed by atoms with van der Waals surface area (Å²) in [5.74, 6) is 2.17. The number of methoxy groups -OCH3 is 1. The van der Waals surface area contributed by atoms with Crippen LogP contribution in [-0.4, -0.2) is 29.3 Å². The number of aryl methyl sites for hydroxylation is 2. The van der Waals surface area contributed by atoms with E-state index in [0.717, 1.165) is 34.9 Å². The van der Waals surface area contributed by atoms with Crippen molar-refractivity contribution in [3.05, 3.63) is 64.7 Å². The molecule has 0 aliphatic heterocycles. The van der Waals surface area contributed by atoms with Gasteiger partial charge in [-0.05, 0) is 51.0 Å². The molecule has 0 radical (unpaired) electrons. The Morgan fingerprint density at radius 3 is 2.54 bits per heavy atom. The number of nitrogens with zero attached hydrogens (tertiary/aromatic N) is 2. The summed E-state index contributed by atoms with van der Waals surface area (Å²) in [5, 5.41) is 7.03. The van der Waals surface area contributed by atoms with Crippen LogP contribution < -0.4 is 10.1 Å². The second-order valence-corrected chi connectivity index (χ2v) is 6.27. The minimum absolute atomic E-state index is 0.0851. The van der Waals surface area contributed by atoms with Crippen LogP contribution in [0.1, 0.15) is 33.1 Å². The number of carbonyl (C=O) groups excluding carboxylic acids is 1. The molecule has 0 spiro atoms. The molecule has 2 heterocycles. The molecule has 26 heavy (non-hydrogen) atoms. The maximum atomic E-state index is 12.6. The number of rotatable bonds is 6. The Bertz CT molecular complexity index is 907. The van der Waals surface area contributed by atoms with E-state index in [2.05, 4.69) is 10.5 Å². The molecule has 0 saturated heterocycles. The van der Waals surface area contributed by atoms with Gasteiger partial charge in [-0.3, -0.25) is 9.36 Å². The molecule has 6 heteroatoms. The molecule has 0 unspecified atom stereocenters. The molecule has 3 rings (SSSR count). The van der Waals surface area contributed by atoms with Crippen molar-refractivity contribution >= 4 is 5.91 Å². The number of aromatic nitrogens is 2. The van der Waals surface area contributed by atoms with E-state index in [0.29, 0.717) is 17.9 Å². The van der Waals surface area contributed by atoms with Gasteiger partial charge in [0.2, 0.25) is 0 Å². The molecule has 0 aliphatic rings. The predicted molar refractivity (Wildman–Crippen MR) is 99.1 cm³/mol. The third-order valence-electron chi connectivity index (χ3n) is 4.38. The van der Waals surface area contributed by atoms with Gasteiger partial charge in [0, 0.05) is 24.0 Å². The van der Waals surface area contributed by atoms with E-state index in [1.54, 1.807) is 7.11 Å². The second kappa shape index (κ2) is 7.47. The normalized spacial score (nSPS) is 10.8. The van der Waals surface area contributed by atoms with Crippen LogP contribution in [0.4, 0.5) is 0 Å². The first-order chi connectivity index (χ1) is 12.5. The average molecular weight is 353 g/mol. The highest BCUT2D eigenvalue weighted by atomic mass is 16.5. The number of hydrogen-bond acceptors (Lipinski definition) is 4. The number of carbonyl (C=O) groups is 1. The van der Waals surface area contributed by atoms with Crippen molar-refractivity contribution in [2.24, 2.45) is 0 Å². The van der Waals surface area contributed by atoms with Crippen LogP contribution >= 0.6 is 0 Å². The van der Waals surface area contributed by atoms with Crippen molar-refractivity contribution in [2.75, 3.05) is 13.7 Å². The maximum absolute atomic E-state index is 12.6. The van der Waals surface area contributed by atoms with Crippen LogP contribution in [-0.2, 0) is 6.42 Å². The smallest absolute Gasteiger partial charge is 0.253 e. The highest BCUT2D eigenvalue weighted by Crippen LogP contribution is 2.20. The minimum Gasteiger partial charge on any atom is -0.497 e. The highest BCUT2D eigenvalue weighted by Gasteiger charge is 2.18. The molecule has 0 aliphatic carbocycles. The van der Waals surface area contributed by atoms with Gasteiger partial charge in [0.05, 0.1) is 12.7 Å². The molecular formula is C20H23N3O3. The summed E-state index contributed by atoms with van der Waals surface area (Å²) in [4.78, 5) is 12.6. The zero-order valence-corrected chi connectivity index (χ0v) is 15.5. The molecule has 1 amide bonds. The molecule has 1 N–H and O–H groups in total. The summed E-state index contributed by atoms with van der Waals surface area (Å²) < 4.78 is 12.2. The Hall–Kier alpha value is -3.02. The van der Waals surface area contributed by atoms with Gasteiger partial charge in [0.15, 0.2) is 5.82 Å². The first-order valence-electron chi connectivity index (χ1n) is 8.53. The van der Waals surface area contributed by atoms with Gasteiger partial charge in [-0.15, -0.1) is 0 Å². The number of nitrogens with one attached hydrogen (secondary N) is 1. The standard InChI is InChI=1S/C20H23N3O3/c1-13-11-18(15(3)23(13)19-12-14(2)26-22-19)20(24)21-10-9-16-5-7-17(25-4)8-6-16/h5-8,11-12H,9-10H2,1-4H3,(H,21,24). The first-order valence-corrected chi connectivity index (χ1v) is 8.53. The van der Waals surface area contributed by atoms with E-state index >= 15 is 0 Å². The van der Waals surface area contributed by atoms with Gasteiger partial charge in [-0.2, -0.15) is 0 Å². The van der Waals surface area contributed by atoms with Crippen LogP contribution in [0.5, 0.6) is 5.75 Å². The molecule has 1 aromatic carbocycles. The molecule has 0 atom stereocenters. The quantitative estimate of drug-likeness (QED) is 0.738. The van der Waals surface area contributed by atoms with Gasteiger partial charge in [0.1, 0.15) is 11.5 Å². The molecule has 2 aromatic heterocycles. The molecule has 3 aromatic rings. The lowest BCUT2D eigenvalue weighted by Crippen LogP contribution is -2.26. The molecule has 0 fully saturated rings. The fraction of sp³-hybridized carbons (Fsp3) is 0.300. The second-order valence-electron chi connectivity index (χ2n) is 6.27. The molecule has 0 bridgehead atoms. The molecule has 6 nitrogen and oxygen atoms in total. The molecule has 136 valence electrons. The van der Waals surface area contributed by atoms with E-state index in [1.165, 1.54) is 0 Å². The Balaban J connectivity index is 1.66. The lowest BCUT2D eigenvalue weighted by molar-refractivity contribution is 0.0953. The van der Waals surface area contributed by atoms with Crippen LogP contribution in [0.15, 0.2) is 40.9 Å². The molecular weight excluding hydrogens is 330 g/mol. The number of ether oxygens (including phenoxy) is 1. The SMILES string of the molecule is COc1ccc(CCNC(=O)c2cc(C)n(-c3cc(C)on3)c2C)cc1. The highest BCUT2D eigenvalue weighted by molar-refractivity contribution is 5.95. The summed E-state index contributed by atoms with van der Waals surface area (Å²) in [6.45, 7) is 6.27.